The molecule has 0 unspecified atom stereocenters. The van der Waals surface area contributed by atoms with Crippen molar-refractivity contribution in [2.45, 2.75) is 6.36 Å². The molecule has 0 radical (unpaired) electrons. The molecule has 0 bridgehead atoms. The average Bonchev–Trinajstić information content (AvgIpc) is 2.49. The van der Waals surface area contributed by atoms with Gasteiger partial charge in [-0.05, 0) is 46.9 Å². The minimum atomic E-state index is -4.87. The second-order valence-corrected chi connectivity index (χ2v) is 5.94. The smallest absolute Gasteiger partial charge is 0.506 e. The van der Waals surface area contributed by atoms with Crippen LogP contribution in [0.4, 0.5) is 13.2 Å². The standard InChI is InChI=1S/C15H8F3IN2O3/c16-15(17,18)24-7-5-9(12(22)10(19)6-7)13-20-11-4-2-1-3-8(11)14(23)21-13/h1-6,22H,(H,20,21,23). The molecule has 3 rings (SSSR count). The number of para-hydroxylation sites is 1. The van der Waals surface area contributed by atoms with Crippen LogP contribution in [0.1, 0.15) is 0 Å². The van der Waals surface area contributed by atoms with Crippen molar-refractivity contribution in [1.29, 1.82) is 0 Å². The first-order valence-electron chi connectivity index (χ1n) is 6.52. The largest absolute Gasteiger partial charge is 0.573 e. The molecular formula is C15H8F3IN2O3. The number of hydrogen-bond acceptors (Lipinski definition) is 4. The Morgan fingerprint density at radius 2 is 1.92 bits per heavy atom. The molecule has 0 spiro atoms. The van der Waals surface area contributed by atoms with Crippen LogP contribution >= 0.6 is 22.6 Å². The molecule has 24 heavy (non-hydrogen) atoms. The van der Waals surface area contributed by atoms with E-state index in [2.05, 4.69) is 14.7 Å². The van der Waals surface area contributed by atoms with Gasteiger partial charge in [0.1, 0.15) is 17.3 Å². The summed E-state index contributed by atoms with van der Waals surface area (Å²) < 4.78 is 41.3. The van der Waals surface area contributed by atoms with Gasteiger partial charge in [-0.25, -0.2) is 4.98 Å². The highest BCUT2D eigenvalue weighted by Gasteiger charge is 2.32. The number of aromatic hydroxyl groups is 1. The van der Waals surface area contributed by atoms with Crippen LogP contribution in [0.2, 0.25) is 0 Å². The van der Waals surface area contributed by atoms with Crippen LogP contribution in [0.3, 0.4) is 0 Å². The number of alkyl halides is 3. The van der Waals surface area contributed by atoms with Crippen molar-refractivity contribution in [1.82, 2.24) is 9.97 Å². The number of H-pyrrole nitrogens is 1. The Morgan fingerprint density at radius 1 is 1.21 bits per heavy atom. The molecule has 0 aliphatic rings. The lowest BCUT2D eigenvalue weighted by molar-refractivity contribution is -0.274. The van der Waals surface area contributed by atoms with E-state index in [0.29, 0.717) is 10.9 Å². The molecular weight excluding hydrogens is 440 g/mol. The number of aromatic nitrogens is 2. The van der Waals surface area contributed by atoms with Crippen LogP contribution in [0.25, 0.3) is 22.3 Å². The molecule has 1 heterocycles. The van der Waals surface area contributed by atoms with Gasteiger partial charge in [-0.3, -0.25) is 4.79 Å². The molecule has 0 saturated carbocycles. The van der Waals surface area contributed by atoms with E-state index in [0.717, 1.165) is 12.1 Å². The number of ether oxygens (including phenoxy) is 1. The molecule has 0 amide bonds. The SMILES string of the molecule is O=c1[nH]c(-c2cc(OC(F)(F)F)cc(I)c2O)nc2ccccc12. The normalized spacial score (nSPS) is 11.7. The maximum absolute atomic E-state index is 12.4. The zero-order valence-corrected chi connectivity index (χ0v) is 13.8. The van der Waals surface area contributed by atoms with Crippen molar-refractivity contribution in [2.24, 2.45) is 0 Å². The summed E-state index contributed by atoms with van der Waals surface area (Å²) in [5.41, 5.74) is -0.177. The molecule has 0 fully saturated rings. The Balaban J connectivity index is 2.20. The van der Waals surface area contributed by atoms with E-state index in [4.69, 9.17) is 0 Å². The van der Waals surface area contributed by atoms with Gasteiger partial charge in [0.05, 0.1) is 20.0 Å². The minimum Gasteiger partial charge on any atom is -0.506 e. The third-order valence-electron chi connectivity index (χ3n) is 3.14. The molecule has 5 nitrogen and oxygen atoms in total. The van der Waals surface area contributed by atoms with E-state index < -0.39 is 17.7 Å². The summed E-state index contributed by atoms with van der Waals surface area (Å²) in [6.45, 7) is 0. The number of halogens is 4. The summed E-state index contributed by atoms with van der Waals surface area (Å²) in [5, 5.41) is 10.5. The van der Waals surface area contributed by atoms with Gasteiger partial charge in [-0.1, -0.05) is 12.1 Å². The zero-order chi connectivity index (χ0) is 17.5. The Hall–Kier alpha value is -2.30. The summed E-state index contributed by atoms with van der Waals surface area (Å²) >= 11 is 1.66. The summed E-state index contributed by atoms with van der Waals surface area (Å²) in [6.07, 6.45) is -4.87. The molecule has 3 aromatic rings. The first-order valence-corrected chi connectivity index (χ1v) is 7.60. The monoisotopic (exact) mass is 448 g/mol. The fraction of sp³-hybridized carbons (Fsp3) is 0.0667. The van der Waals surface area contributed by atoms with Crippen LogP contribution in [0.5, 0.6) is 11.5 Å². The molecule has 124 valence electrons. The highest BCUT2D eigenvalue weighted by Crippen LogP contribution is 2.37. The molecule has 2 N–H and O–H groups in total. The van der Waals surface area contributed by atoms with Crippen LogP contribution in [0, 0.1) is 3.57 Å². The molecule has 0 aliphatic carbocycles. The number of nitrogens with one attached hydrogen (secondary N) is 1. The fourth-order valence-electron chi connectivity index (χ4n) is 2.16. The Kier molecular flexibility index (Phi) is 4.11. The molecule has 0 aliphatic heterocycles. The Bertz CT molecular complexity index is 986. The molecule has 2 aromatic carbocycles. The third-order valence-corrected chi connectivity index (χ3v) is 3.96. The number of aromatic amines is 1. The second kappa shape index (κ2) is 5.96. The van der Waals surface area contributed by atoms with Crippen LogP contribution < -0.4 is 10.3 Å². The first kappa shape index (κ1) is 16.6. The summed E-state index contributed by atoms with van der Waals surface area (Å²) in [6, 6.07) is 8.50. The first-order chi connectivity index (χ1) is 11.2. The van der Waals surface area contributed by atoms with E-state index in [1.165, 1.54) is 0 Å². The average molecular weight is 448 g/mol. The summed E-state index contributed by atoms with van der Waals surface area (Å²) in [7, 11) is 0. The highest BCUT2D eigenvalue weighted by atomic mass is 127. The van der Waals surface area contributed by atoms with Gasteiger partial charge in [0.15, 0.2) is 0 Å². The topological polar surface area (TPSA) is 75.2 Å². The van der Waals surface area contributed by atoms with Crippen molar-refractivity contribution in [2.75, 3.05) is 0 Å². The van der Waals surface area contributed by atoms with Gasteiger partial charge in [-0.15, -0.1) is 13.2 Å². The van der Waals surface area contributed by atoms with E-state index in [9.17, 15) is 23.1 Å². The lowest BCUT2D eigenvalue weighted by Gasteiger charge is -2.12. The number of phenolic OH excluding ortho intramolecular Hbond substituents is 1. The number of hydrogen-bond donors (Lipinski definition) is 2. The van der Waals surface area contributed by atoms with Gasteiger partial charge in [-0.2, -0.15) is 0 Å². The zero-order valence-electron chi connectivity index (χ0n) is 11.7. The number of fused-ring (bicyclic) bond motifs is 1. The predicted molar refractivity (Wildman–Crippen MR) is 88.9 cm³/mol. The maximum Gasteiger partial charge on any atom is 0.573 e. The second-order valence-electron chi connectivity index (χ2n) is 4.78. The molecule has 0 saturated heterocycles. The summed E-state index contributed by atoms with van der Waals surface area (Å²) in [5.74, 6) is -0.874. The quantitative estimate of drug-likeness (QED) is 0.586. The van der Waals surface area contributed by atoms with Gasteiger partial charge in [0.25, 0.3) is 5.56 Å². The van der Waals surface area contributed by atoms with E-state index >= 15 is 0 Å². The number of benzene rings is 2. The predicted octanol–water partition coefficient (Wildman–Crippen LogP) is 3.80. The van der Waals surface area contributed by atoms with Gasteiger partial charge in [0.2, 0.25) is 0 Å². The van der Waals surface area contributed by atoms with Gasteiger partial charge >= 0.3 is 6.36 Å². The van der Waals surface area contributed by atoms with Crippen molar-refractivity contribution in [3.8, 4) is 22.9 Å². The van der Waals surface area contributed by atoms with Crippen molar-refractivity contribution in [3.05, 3.63) is 50.3 Å². The van der Waals surface area contributed by atoms with Crippen LogP contribution in [-0.2, 0) is 0 Å². The van der Waals surface area contributed by atoms with Crippen molar-refractivity contribution >= 4 is 33.5 Å². The van der Waals surface area contributed by atoms with Gasteiger partial charge in [0, 0.05) is 0 Å². The van der Waals surface area contributed by atoms with Crippen LogP contribution in [-0.4, -0.2) is 21.4 Å². The lowest BCUT2D eigenvalue weighted by atomic mass is 10.1. The highest BCUT2D eigenvalue weighted by molar-refractivity contribution is 14.1. The lowest BCUT2D eigenvalue weighted by Crippen LogP contribution is -2.17. The minimum absolute atomic E-state index is 0.0539. The number of rotatable bonds is 2. The van der Waals surface area contributed by atoms with E-state index in [1.807, 2.05) is 0 Å². The summed E-state index contributed by atoms with van der Waals surface area (Å²) in [4.78, 5) is 18.7. The number of nitrogens with zero attached hydrogens (tertiary/aromatic N) is 1. The van der Waals surface area contributed by atoms with Gasteiger partial charge < -0.3 is 14.8 Å². The number of phenols is 1. The fourth-order valence-corrected chi connectivity index (χ4v) is 2.76. The van der Waals surface area contributed by atoms with Crippen LogP contribution in [0.15, 0.2) is 41.2 Å². The van der Waals surface area contributed by atoms with Crippen molar-refractivity contribution < 1.29 is 23.0 Å². The third kappa shape index (κ3) is 3.30. The Labute approximate surface area is 146 Å². The van der Waals surface area contributed by atoms with Crippen molar-refractivity contribution in [3.63, 3.8) is 0 Å². The van der Waals surface area contributed by atoms with E-state index in [-0.39, 0.29) is 20.7 Å². The van der Waals surface area contributed by atoms with E-state index in [1.54, 1.807) is 46.9 Å². The molecule has 1 aromatic heterocycles. The molecule has 0 atom stereocenters. The maximum atomic E-state index is 12.4. The molecule has 9 heteroatoms. The Morgan fingerprint density at radius 3 is 2.62 bits per heavy atom.